The number of nitrogens with zero attached hydrogens (tertiary/aromatic N) is 1. The molecular formula is C32H33Cl2N3O5. The summed E-state index contributed by atoms with van der Waals surface area (Å²) < 4.78 is 0. The highest BCUT2D eigenvalue weighted by atomic mass is 35.5. The van der Waals surface area contributed by atoms with Gasteiger partial charge < -0.3 is 15.3 Å². The van der Waals surface area contributed by atoms with E-state index in [9.17, 15) is 19.5 Å². The van der Waals surface area contributed by atoms with Crippen LogP contribution in [-0.2, 0) is 27.5 Å². The van der Waals surface area contributed by atoms with Crippen LogP contribution in [0.25, 0.3) is 0 Å². The van der Waals surface area contributed by atoms with Gasteiger partial charge in [0, 0.05) is 22.7 Å². The molecule has 5 rings (SSSR count). The van der Waals surface area contributed by atoms with E-state index in [1.807, 2.05) is 24.3 Å². The van der Waals surface area contributed by atoms with Crippen LogP contribution in [0.3, 0.4) is 0 Å². The number of carbonyl (C=O) groups excluding carboxylic acids is 3. The normalized spacial score (nSPS) is 21.9. The predicted octanol–water partition coefficient (Wildman–Crippen LogP) is 5.11. The molecule has 4 atom stereocenters. The van der Waals surface area contributed by atoms with E-state index >= 15 is 0 Å². The standard InChI is InChI=1S/C32H33Cl2N3O5/c1-35-28(39)16-19-10-12-20(13-11-19)18-42-36-31(40)29-22-6-2-3-7-23(22)32(41)37(26-8-4-5-9-27(26)38)30(29)24-15-14-21(33)17-25(24)34/h2-3,6-7,10-15,17,26-27,29-30,38H,4-5,8-9,16,18H2,1H3,(H,35,39)(H,36,40)/t26-,27?,29+,30-/m0/s1. The molecule has 2 aliphatic rings. The van der Waals surface area contributed by atoms with E-state index < -0.39 is 30.0 Å². The largest absolute Gasteiger partial charge is 0.391 e. The summed E-state index contributed by atoms with van der Waals surface area (Å²) in [6.07, 6.45) is 2.45. The number of aliphatic hydroxyl groups is 1. The zero-order valence-corrected chi connectivity index (χ0v) is 24.7. The molecule has 1 fully saturated rings. The Bertz CT molecular complexity index is 1460. The summed E-state index contributed by atoms with van der Waals surface area (Å²) in [5.74, 6) is -1.66. The highest BCUT2D eigenvalue weighted by Gasteiger charge is 2.49. The summed E-state index contributed by atoms with van der Waals surface area (Å²) in [5, 5.41) is 14.4. The number of aliphatic hydroxyl groups excluding tert-OH is 1. The van der Waals surface area contributed by atoms with Crippen LogP contribution in [-0.4, -0.2) is 46.9 Å². The van der Waals surface area contributed by atoms with Crippen LogP contribution in [0, 0.1) is 0 Å². The number of nitrogens with one attached hydrogen (secondary N) is 2. The van der Waals surface area contributed by atoms with Gasteiger partial charge in [-0.1, -0.05) is 84.6 Å². The first-order chi connectivity index (χ1) is 20.3. The van der Waals surface area contributed by atoms with Crippen molar-refractivity contribution in [2.45, 2.75) is 62.8 Å². The Morgan fingerprint density at radius 1 is 0.976 bits per heavy atom. The monoisotopic (exact) mass is 609 g/mol. The van der Waals surface area contributed by atoms with Gasteiger partial charge in [-0.05, 0) is 53.3 Å². The van der Waals surface area contributed by atoms with Gasteiger partial charge in [0.1, 0.15) is 0 Å². The van der Waals surface area contributed by atoms with E-state index in [0.29, 0.717) is 39.6 Å². The van der Waals surface area contributed by atoms with Crippen LogP contribution in [0.5, 0.6) is 0 Å². The van der Waals surface area contributed by atoms with E-state index in [1.54, 1.807) is 54.4 Å². The highest BCUT2D eigenvalue weighted by Crippen LogP contribution is 2.47. The smallest absolute Gasteiger partial charge is 0.255 e. The minimum atomic E-state index is -0.873. The number of hydrogen-bond acceptors (Lipinski definition) is 5. The average Bonchev–Trinajstić information content (AvgIpc) is 2.98. The Balaban J connectivity index is 1.46. The van der Waals surface area contributed by atoms with Crippen molar-refractivity contribution < 1.29 is 24.3 Å². The van der Waals surface area contributed by atoms with Crippen molar-refractivity contribution in [2.75, 3.05) is 7.05 Å². The van der Waals surface area contributed by atoms with Gasteiger partial charge >= 0.3 is 0 Å². The maximum absolute atomic E-state index is 14.1. The molecule has 0 spiro atoms. The van der Waals surface area contributed by atoms with Gasteiger partial charge in [0.2, 0.25) is 5.91 Å². The first kappa shape index (κ1) is 30.0. The van der Waals surface area contributed by atoms with Crippen molar-refractivity contribution in [3.8, 4) is 0 Å². The topological polar surface area (TPSA) is 108 Å². The molecule has 3 amide bonds. The van der Waals surface area contributed by atoms with Crippen molar-refractivity contribution in [3.63, 3.8) is 0 Å². The Kier molecular flexibility index (Phi) is 9.48. The van der Waals surface area contributed by atoms with Crippen molar-refractivity contribution in [1.82, 2.24) is 15.7 Å². The van der Waals surface area contributed by atoms with Gasteiger partial charge in [0.05, 0.1) is 37.1 Å². The number of hydroxylamine groups is 1. The number of likely N-dealkylation sites (N-methyl/N-ethyl adjacent to an activating group) is 1. The van der Waals surface area contributed by atoms with Gasteiger partial charge in [-0.15, -0.1) is 0 Å². The molecule has 1 aliphatic heterocycles. The molecule has 1 aliphatic carbocycles. The van der Waals surface area contributed by atoms with Gasteiger partial charge in [-0.25, -0.2) is 5.48 Å². The van der Waals surface area contributed by atoms with E-state index in [1.165, 1.54) is 0 Å². The van der Waals surface area contributed by atoms with E-state index in [4.69, 9.17) is 28.0 Å². The summed E-state index contributed by atoms with van der Waals surface area (Å²) in [7, 11) is 1.59. The molecule has 0 radical (unpaired) electrons. The molecule has 0 bridgehead atoms. The zero-order valence-electron chi connectivity index (χ0n) is 23.2. The van der Waals surface area contributed by atoms with Gasteiger partial charge in [-0.2, -0.15) is 0 Å². The molecule has 8 nitrogen and oxygen atoms in total. The Labute approximate surface area is 254 Å². The fourth-order valence-electron chi connectivity index (χ4n) is 5.97. The first-order valence-electron chi connectivity index (χ1n) is 14.0. The van der Waals surface area contributed by atoms with Crippen molar-refractivity contribution in [3.05, 3.63) is 105 Å². The molecule has 220 valence electrons. The number of carbonyl (C=O) groups is 3. The van der Waals surface area contributed by atoms with Gasteiger partial charge in [0.25, 0.3) is 11.8 Å². The van der Waals surface area contributed by atoms with Crippen LogP contribution < -0.4 is 10.8 Å². The molecular weight excluding hydrogens is 577 g/mol. The van der Waals surface area contributed by atoms with E-state index in [-0.39, 0.29) is 24.8 Å². The summed E-state index contributed by atoms with van der Waals surface area (Å²) in [4.78, 5) is 47.0. The third kappa shape index (κ3) is 6.32. The quantitative estimate of drug-likeness (QED) is 0.307. The first-order valence-corrected chi connectivity index (χ1v) is 14.8. The maximum Gasteiger partial charge on any atom is 0.255 e. The second kappa shape index (κ2) is 13.3. The number of hydrogen-bond donors (Lipinski definition) is 3. The van der Waals surface area contributed by atoms with Crippen LogP contribution in [0.2, 0.25) is 10.0 Å². The van der Waals surface area contributed by atoms with Crippen LogP contribution in [0.1, 0.15) is 70.3 Å². The third-order valence-electron chi connectivity index (χ3n) is 8.07. The van der Waals surface area contributed by atoms with Crippen LogP contribution in [0.4, 0.5) is 0 Å². The fourth-order valence-corrected chi connectivity index (χ4v) is 6.49. The molecule has 3 aromatic rings. The lowest BCUT2D eigenvalue weighted by molar-refractivity contribution is -0.138. The number of fused-ring (bicyclic) bond motifs is 1. The SMILES string of the molecule is CNC(=O)Cc1ccc(CONC(=O)[C@@H]2c3ccccc3C(=O)N([C@H]3CCCCC3O)[C@H]2c2ccc(Cl)cc2Cl)cc1. The molecule has 0 aromatic heterocycles. The second-order valence-corrected chi connectivity index (χ2v) is 11.6. The highest BCUT2D eigenvalue weighted by molar-refractivity contribution is 6.35. The predicted molar refractivity (Wildman–Crippen MR) is 160 cm³/mol. The van der Waals surface area contributed by atoms with Crippen molar-refractivity contribution >= 4 is 40.9 Å². The van der Waals surface area contributed by atoms with Gasteiger partial charge in [-0.3, -0.25) is 19.2 Å². The molecule has 0 saturated heterocycles. The average molecular weight is 611 g/mol. The molecule has 1 heterocycles. The summed E-state index contributed by atoms with van der Waals surface area (Å²) in [6, 6.07) is 18.1. The van der Waals surface area contributed by atoms with Crippen LogP contribution in [0.15, 0.2) is 66.7 Å². The number of rotatable bonds is 8. The zero-order chi connectivity index (χ0) is 29.8. The maximum atomic E-state index is 14.1. The Morgan fingerprint density at radius 3 is 2.40 bits per heavy atom. The van der Waals surface area contributed by atoms with Gasteiger partial charge in [0.15, 0.2) is 0 Å². The Morgan fingerprint density at radius 2 is 1.69 bits per heavy atom. The Hall–Kier alpha value is -3.43. The second-order valence-electron chi connectivity index (χ2n) is 10.7. The molecule has 10 heteroatoms. The minimum absolute atomic E-state index is 0.0809. The lowest BCUT2D eigenvalue weighted by atomic mass is 9.77. The summed E-state index contributed by atoms with van der Waals surface area (Å²) in [6.45, 7) is 0.0940. The number of halogens is 2. The number of amides is 3. The molecule has 1 unspecified atom stereocenters. The van der Waals surface area contributed by atoms with Crippen molar-refractivity contribution in [1.29, 1.82) is 0 Å². The van der Waals surface area contributed by atoms with Crippen LogP contribution >= 0.6 is 23.2 Å². The fraction of sp³-hybridized carbons (Fsp3) is 0.344. The summed E-state index contributed by atoms with van der Waals surface area (Å²) in [5.41, 5.74) is 5.79. The lowest BCUT2D eigenvalue weighted by Crippen LogP contribution is -2.55. The van der Waals surface area contributed by atoms with E-state index in [2.05, 4.69) is 10.8 Å². The third-order valence-corrected chi connectivity index (χ3v) is 8.63. The molecule has 3 N–H and O–H groups in total. The minimum Gasteiger partial charge on any atom is -0.391 e. The number of benzene rings is 3. The molecule has 1 saturated carbocycles. The molecule has 3 aromatic carbocycles. The lowest BCUT2D eigenvalue weighted by Gasteiger charge is -2.48. The molecule has 42 heavy (non-hydrogen) atoms. The van der Waals surface area contributed by atoms with Crippen molar-refractivity contribution in [2.24, 2.45) is 0 Å². The van der Waals surface area contributed by atoms with E-state index in [0.717, 1.165) is 24.0 Å². The summed E-state index contributed by atoms with van der Waals surface area (Å²) >= 11 is 12.9.